The summed E-state index contributed by atoms with van der Waals surface area (Å²) in [5.41, 5.74) is 6.38. The van der Waals surface area contributed by atoms with Gasteiger partial charge < -0.3 is 21.1 Å². The van der Waals surface area contributed by atoms with Crippen LogP contribution in [-0.2, 0) is 4.74 Å². The fourth-order valence-electron chi connectivity index (χ4n) is 1.77. The molecule has 0 fully saturated rings. The quantitative estimate of drug-likeness (QED) is 0.367. The Morgan fingerprint density at radius 1 is 1.41 bits per heavy atom. The molecule has 0 heterocycles. The lowest BCUT2D eigenvalue weighted by Gasteiger charge is -2.13. The van der Waals surface area contributed by atoms with E-state index in [4.69, 9.17) is 10.5 Å². The van der Waals surface area contributed by atoms with Gasteiger partial charge in [0.2, 0.25) is 0 Å². The van der Waals surface area contributed by atoms with Gasteiger partial charge in [-0.1, -0.05) is 15.9 Å². The van der Waals surface area contributed by atoms with Crippen molar-refractivity contribution in [1.29, 1.82) is 0 Å². The molecule has 0 radical (unpaired) electrons. The summed E-state index contributed by atoms with van der Waals surface area (Å²) in [6.45, 7) is 3.64. The zero-order valence-electron chi connectivity index (χ0n) is 12.9. The highest BCUT2D eigenvalue weighted by Crippen LogP contribution is 2.10. The molecular weight excluding hydrogens is 348 g/mol. The Bertz CT molecular complexity index is 491. The number of rotatable bonds is 8. The van der Waals surface area contributed by atoms with Gasteiger partial charge in [0.25, 0.3) is 5.91 Å². The molecule has 0 aliphatic heterocycles. The van der Waals surface area contributed by atoms with Crippen LogP contribution in [0.15, 0.2) is 33.7 Å². The number of hydrogen-bond acceptors (Lipinski definition) is 3. The Balaban J connectivity index is 2.22. The Labute approximate surface area is 139 Å². The van der Waals surface area contributed by atoms with Crippen LogP contribution < -0.4 is 16.4 Å². The minimum atomic E-state index is -0.0868. The van der Waals surface area contributed by atoms with Crippen molar-refractivity contribution in [3.63, 3.8) is 0 Å². The van der Waals surface area contributed by atoms with E-state index in [1.54, 1.807) is 19.2 Å². The number of halogens is 1. The summed E-state index contributed by atoms with van der Waals surface area (Å²) < 4.78 is 5.95. The number of amides is 1. The Morgan fingerprint density at radius 2 is 2.09 bits per heavy atom. The van der Waals surface area contributed by atoms with E-state index >= 15 is 0 Å². The molecule has 1 aromatic rings. The molecule has 1 amide bonds. The zero-order valence-corrected chi connectivity index (χ0v) is 14.5. The number of ether oxygens (including phenoxy) is 1. The standard InChI is InChI=1S/C15H23BrN4O2/c1-11(10-22-2)20-15(17)19-9-3-8-18-14(21)12-4-6-13(16)7-5-12/h4-7,11H,3,8-10H2,1-2H3,(H,18,21)(H3,17,19,20). The average Bonchev–Trinajstić information content (AvgIpc) is 2.47. The van der Waals surface area contributed by atoms with Gasteiger partial charge in [0, 0.05) is 36.3 Å². The summed E-state index contributed by atoms with van der Waals surface area (Å²) in [5, 5.41) is 5.87. The minimum absolute atomic E-state index is 0.0868. The molecule has 0 saturated heterocycles. The second-order valence-corrected chi connectivity index (χ2v) is 5.80. The van der Waals surface area contributed by atoms with Crippen molar-refractivity contribution in [2.24, 2.45) is 10.7 Å². The zero-order chi connectivity index (χ0) is 16.4. The van der Waals surface area contributed by atoms with E-state index in [0.717, 1.165) is 10.9 Å². The van der Waals surface area contributed by atoms with Crippen LogP contribution in [0.4, 0.5) is 0 Å². The van der Waals surface area contributed by atoms with Crippen molar-refractivity contribution < 1.29 is 9.53 Å². The van der Waals surface area contributed by atoms with Crippen LogP contribution in [0.3, 0.4) is 0 Å². The van der Waals surface area contributed by atoms with Crippen LogP contribution in [-0.4, -0.2) is 44.7 Å². The molecule has 1 aromatic carbocycles. The van der Waals surface area contributed by atoms with E-state index in [-0.39, 0.29) is 11.9 Å². The molecule has 0 aliphatic carbocycles. The van der Waals surface area contributed by atoms with Gasteiger partial charge in [-0.15, -0.1) is 0 Å². The first-order valence-electron chi connectivity index (χ1n) is 7.12. The molecule has 6 nitrogen and oxygen atoms in total. The normalized spacial score (nSPS) is 12.8. The van der Waals surface area contributed by atoms with Gasteiger partial charge in [0.1, 0.15) is 0 Å². The van der Waals surface area contributed by atoms with Gasteiger partial charge >= 0.3 is 0 Å². The topological polar surface area (TPSA) is 88.7 Å². The Hall–Kier alpha value is -1.60. The maximum absolute atomic E-state index is 11.9. The van der Waals surface area contributed by atoms with Gasteiger partial charge in [-0.25, -0.2) is 0 Å². The molecule has 1 unspecified atom stereocenters. The van der Waals surface area contributed by atoms with Gasteiger partial charge in [-0.3, -0.25) is 9.79 Å². The number of nitrogens with one attached hydrogen (secondary N) is 2. The molecule has 0 spiro atoms. The number of benzene rings is 1. The van der Waals surface area contributed by atoms with E-state index in [0.29, 0.717) is 31.2 Å². The number of guanidine groups is 1. The van der Waals surface area contributed by atoms with Crippen LogP contribution >= 0.6 is 15.9 Å². The molecule has 1 rings (SSSR count). The Morgan fingerprint density at radius 3 is 2.73 bits per heavy atom. The minimum Gasteiger partial charge on any atom is -0.383 e. The van der Waals surface area contributed by atoms with Crippen LogP contribution in [0.25, 0.3) is 0 Å². The monoisotopic (exact) mass is 370 g/mol. The van der Waals surface area contributed by atoms with Gasteiger partial charge in [0.15, 0.2) is 5.96 Å². The van der Waals surface area contributed by atoms with Crippen molar-refractivity contribution in [2.45, 2.75) is 19.4 Å². The highest BCUT2D eigenvalue weighted by Gasteiger charge is 2.04. The van der Waals surface area contributed by atoms with Crippen LogP contribution in [0.5, 0.6) is 0 Å². The lowest BCUT2D eigenvalue weighted by molar-refractivity contribution is 0.0953. The SMILES string of the molecule is COCC(C)NC(N)=NCCCNC(=O)c1ccc(Br)cc1. The van der Waals surface area contributed by atoms with E-state index in [1.165, 1.54) is 0 Å². The van der Waals surface area contributed by atoms with Crippen molar-refractivity contribution in [2.75, 3.05) is 26.8 Å². The second kappa shape index (κ2) is 10.2. The smallest absolute Gasteiger partial charge is 0.251 e. The lowest BCUT2D eigenvalue weighted by atomic mass is 10.2. The third-order valence-electron chi connectivity index (χ3n) is 2.82. The van der Waals surface area contributed by atoms with Crippen molar-refractivity contribution in [3.05, 3.63) is 34.3 Å². The summed E-state index contributed by atoms with van der Waals surface area (Å²) in [6, 6.07) is 7.35. The number of nitrogens with zero attached hydrogens (tertiary/aromatic N) is 1. The summed E-state index contributed by atoms with van der Waals surface area (Å²) in [6.07, 6.45) is 0.726. The number of carbonyl (C=O) groups excluding carboxylic acids is 1. The number of methoxy groups -OCH3 is 1. The molecule has 4 N–H and O–H groups in total. The predicted molar refractivity (Wildman–Crippen MR) is 92.1 cm³/mol. The third kappa shape index (κ3) is 7.42. The first kappa shape index (κ1) is 18.4. The molecule has 0 bridgehead atoms. The number of carbonyl (C=O) groups is 1. The highest BCUT2D eigenvalue weighted by atomic mass is 79.9. The van der Waals surface area contributed by atoms with Gasteiger partial charge in [-0.2, -0.15) is 0 Å². The number of nitrogens with two attached hydrogens (primary N) is 1. The largest absolute Gasteiger partial charge is 0.383 e. The molecule has 122 valence electrons. The first-order chi connectivity index (χ1) is 10.5. The maximum Gasteiger partial charge on any atom is 0.251 e. The van der Waals surface area contributed by atoms with Crippen LogP contribution in [0.1, 0.15) is 23.7 Å². The second-order valence-electron chi connectivity index (χ2n) is 4.88. The number of hydrogen-bond donors (Lipinski definition) is 3. The van der Waals surface area contributed by atoms with E-state index < -0.39 is 0 Å². The Kier molecular flexibility index (Phi) is 8.54. The molecule has 7 heteroatoms. The lowest BCUT2D eigenvalue weighted by Crippen LogP contribution is -2.40. The van der Waals surface area contributed by atoms with E-state index in [9.17, 15) is 4.79 Å². The molecule has 1 atom stereocenters. The first-order valence-corrected chi connectivity index (χ1v) is 7.91. The maximum atomic E-state index is 11.9. The molecular formula is C15H23BrN4O2. The number of aliphatic imine (C=N–C) groups is 1. The van der Waals surface area contributed by atoms with Gasteiger partial charge in [0.05, 0.1) is 6.61 Å². The fraction of sp³-hybridized carbons (Fsp3) is 0.467. The molecule has 22 heavy (non-hydrogen) atoms. The van der Waals surface area contributed by atoms with Crippen molar-refractivity contribution in [1.82, 2.24) is 10.6 Å². The molecule has 0 aliphatic rings. The average molecular weight is 371 g/mol. The summed E-state index contributed by atoms with van der Waals surface area (Å²) >= 11 is 3.34. The fourth-order valence-corrected chi connectivity index (χ4v) is 2.04. The van der Waals surface area contributed by atoms with Gasteiger partial charge in [-0.05, 0) is 37.6 Å². The summed E-state index contributed by atoms with van der Waals surface area (Å²) in [4.78, 5) is 16.1. The molecule has 0 aromatic heterocycles. The summed E-state index contributed by atoms with van der Waals surface area (Å²) in [7, 11) is 1.64. The van der Waals surface area contributed by atoms with Crippen LogP contribution in [0, 0.1) is 0 Å². The summed E-state index contributed by atoms with van der Waals surface area (Å²) in [5.74, 6) is 0.306. The highest BCUT2D eigenvalue weighted by molar-refractivity contribution is 9.10. The van der Waals surface area contributed by atoms with E-state index in [2.05, 4.69) is 31.6 Å². The third-order valence-corrected chi connectivity index (χ3v) is 3.35. The van der Waals surface area contributed by atoms with Crippen molar-refractivity contribution in [3.8, 4) is 0 Å². The predicted octanol–water partition coefficient (Wildman–Crippen LogP) is 1.51. The molecule has 0 saturated carbocycles. The van der Waals surface area contributed by atoms with Crippen molar-refractivity contribution >= 4 is 27.8 Å². The van der Waals surface area contributed by atoms with E-state index in [1.807, 2.05) is 19.1 Å². The van der Waals surface area contributed by atoms with Crippen LogP contribution in [0.2, 0.25) is 0 Å².